The highest BCUT2D eigenvalue weighted by Gasteiger charge is 2.52. The summed E-state index contributed by atoms with van der Waals surface area (Å²) >= 11 is 0. The number of unbranched alkanes of at least 4 members (excludes halogenated alkanes) is 18. The van der Waals surface area contributed by atoms with Gasteiger partial charge in [-0.15, -0.1) is 0 Å². The van der Waals surface area contributed by atoms with Gasteiger partial charge in [-0.25, -0.2) is 0 Å². The molecule has 1 atom stereocenters. The van der Waals surface area contributed by atoms with Crippen LogP contribution in [0.3, 0.4) is 0 Å². The van der Waals surface area contributed by atoms with Crippen molar-refractivity contribution in [1.29, 1.82) is 0 Å². The molecule has 3 fully saturated rings. The van der Waals surface area contributed by atoms with E-state index in [9.17, 15) is 5.11 Å². The second-order valence-electron chi connectivity index (χ2n) is 15.8. The predicted octanol–water partition coefficient (Wildman–Crippen LogP) is 12.6. The molecule has 2 nitrogen and oxygen atoms in total. The summed E-state index contributed by atoms with van der Waals surface area (Å²) in [6.45, 7) is 9.22. The molecule has 0 heterocycles. The van der Waals surface area contributed by atoms with Crippen molar-refractivity contribution in [2.75, 3.05) is 19.7 Å². The minimum absolute atomic E-state index is 0.309. The number of aliphatic hydroxyl groups excluding tert-OH is 1. The van der Waals surface area contributed by atoms with Gasteiger partial charge in [-0.05, 0) is 87.9 Å². The summed E-state index contributed by atoms with van der Waals surface area (Å²) in [7, 11) is 0. The summed E-state index contributed by atoms with van der Waals surface area (Å²) in [6, 6.07) is 0.734. The monoisotopic (exact) mass is 600 g/mol. The number of allylic oxidation sites excluding steroid dienone is 1. The molecule has 3 rings (SSSR count). The maximum Gasteiger partial charge on any atom is 0.0558 e. The molecule has 0 aromatic carbocycles. The van der Waals surface area contributed by atoms with E-state index in [1.165, 1.54) is 179 Å². The smallest absolute Gasteiger partial charge is 0.0558 e. The molecule has 1 N–H and O–H groups in total. The average molecular weight is 600 g/mol. The van der Waals surface area contributed by atoms with Crippen LogP contribution < -0.4 is 0 Å². The second-order valence-corrected chi connectivity index (χ2v) is 15.8. The van der Waals surface area contributed by atoms with E-state index in [0.29, 0.717) is 6.61 Å². The molecule has 252 valence electrons. The lowest BCUT2D eigenvalue weighted by atomic mass is 9.46. The first-order valence-corrected chi connectivity index (χ1v) is 20.2. The fraction of sp³-hybridized carbons (Fsp3) is 0.951. The fourth-order valence-corrected chi connectivity index (χ4v) is 8.83. The molecular weight excluding hydrogens is 522 g/mol. The van der Waals surface area contributed by atoms with Gasteiger partial charge in [0.2, 0.25) is 0 Å². The summed E-state index contributed by atoms with van der Waals surface area (Å²) in [5, 5.41) is 9.73. The van der Waals surface area contributed by atoms with Crippen LogP contribution >= 0.6 is 0 Å². The third kappa shape index (κ3) is 14.7. The molecule has 0 aliphatic heterocycles. The van der Waals surface area contributed by atoms with Crippen LogP contribution in [-0.4, -0.2) is 35.7 Å². The van der Waals surface area contributed by atoms with E-state index in [1.807, 2.05) is 0 Å². The Morgan fingerprint density at radius 3 is 1.72 bits per heavy atom. The van der Waals surface area contributed by atoms with Gasteiger partial charge in [0.1, 0.15) is 0 Å². The molecule has 2 heteroatoms. The van der Waals surface area contributed by atoms with Crippen LogP contribution in [-0.2, 0) is 0 Å². The summed E-state index contributed by atoms with van der Waals surface area (Å²) in [6.07, 6.45) is 44.3. The minimum atomic E-state index is 0.309. The Morgan fingerprint density at radius 1 is 0.721 bits per heavy atom. The Bertz CT molecular complexity index is 675. The zero-order valence-electron chi connectivity index (χ0n) is 29.4. The Labute approximate surface area is 270 Å². The molecule has 0 spiro atoms. The Balaban J connectivity index is 1.19. The highest BCUT2D eigenvalue weighted by molar-refractivity contribution is 5.03. The second kappa shape index (κ2) is 23.1. The van der Waals surface area contributed by atoms with Crippen molar-refractivity contribution >= 4 is 0 Å². The van der Waals surface area contributed by atoms with Gasteiger partial charge in [-0.1, -0.05) is 147 Å². The maximum atomic E-state index is 9.73. The molecule has 43 heavy (non-hydrogen) atoms. The molecular formula is C41H77NO. The van der Waals surface area contributed by atoms with E-state index in [4.69, 9.17) is 0 Å². The van der Waals surface area contributed by atoms with Crippen LogP contribution in [0.25, 0.3) is 0 Å². The van der Waals surface area contributed by atoms with Gasteiger partial charge in [0, 0.05) is 19.1 Å². The summed E-state index contributed by atoms with van der Waals surface area (Å²) in [5.74, 6) is 1.89. The summed E-state index contributed by atoms with van der Waals surface area (Å²) < 4.78 is 0. The number of nitrogens with zero attached hydrogens (tertiary/aromatic N) is 1. The van der Waals surface area contributed by atoms with Crippen LogP contribution in [0.5, 0.6) is 0 Å². The number of fused-ring (bicyclic) bond motifs is 1. The summed E-state index contributed by atoms with van der Waals surface area (Å²) in [5.41, 5.74) is 2.37. The predicted molar refractivity (Wildman–Crippen MR) is 190 cm³/mol. The van der Waals surface area contributed by atoms with E-state index in [2.05, 4.69) is 18.4 Å². The number of hydrogen-bond acceptors (Lipinski definition) is 2. The highest BCUT2D eigenvalue weighted by atomic mass is 16.3. The summed E-state index contributed by atoms with van der Waals surface area (Å²) in [4.78, 5) is 2.64. The van der Waals surface area contributed by atoms with Crippen molar-refractivity contribution in [2.24, 2.45) is 17.3 Å². The Hall–Kier alpha value is -0.340. The lowest BCUT2D eigenvalue weighted by Gasteiger charge is -2.59. The molecule has 0 bridgehead atoms. The van der Waals surface area contributed by atoms with Crippen LogP contribution in [0.4, 0.5) is 0 Å². The molecule has 0 amide bonds. The van der Waals surface area contributed by atoms with Gasteiger partial charge in [-0.2, -0.15) is 0 Å². The minimum Gasteiger partial charge on any atom is -0.395 e. The lowest BCUT2D eigenvalue weighted by molar-refractivity contribution is -0.0826. The Morgan fingerprint density at radius 2 is 1.26 bits per heavy atom. The van der Waals surface area contributed by atoms with Crippen LogP contribution in [0.15, 0.2) is 12.2 Å². The molecule has 0 radical (unpaired) electrons. The molecule has 0 saturated heterocycles. The Kier molecular flexibility index (Phi) is 19.9. The lowest BCUT2D eigenvalue weighted by Crippen LogP contribution is -2.48. The average Bonchev–Trinajstić information content (AvgIpc) is 2.96. The first-order valence-electron chi connectivity index (χ1n) is 20.2. The van der Waals surface area contributed by atoms with Crippen LogP contribution in [0.1, 0.15) is 206 Å². The molecule has 1 unspecified atom stereocenters. The number of rotatable bonds is 31. The van der Waals surface area contributed by atoms with Crippen molar-refractivity contribution in [2.45, 2.75) is 212 Å². The standard InChI is InChI=1S/C41H77NO/c1-3-4-5-6-7-11-14-17-20-24-37(2)35-38(36-42(33-34-43)40-26-23-27-40)25-21-18-15-12-9-8-10-13-16-19-22-30-41-31-28-39(41)29-32-41/h38-40,43H,2-36H2,1H3. The fourth-order valence-electron chi connectivity index (χ4n) is 8.83. The van der Waals surface area contributed by atoms with E-state index < -0.39 is 0 Å². The van der Waals surface area contributed by atoms with Gasteiger partial charge in [0.05, 0.1) is 6.61 Å². The number of hydrogen-bond donors (Lipinski definition) is 1. The molecule has 3 aliphatic rings. The molecule has 3 saturated carbocycles. The SMILES string of the molecule is C=C(CCCCCCCCCCC)CC(CCCCCCCCCCCCCC12CCC1CC2)CN(CCO)C1CCC1. The molecule has 0 aromatic heterocycles. The van der Waals surface area contributed by atoms with E-state index >= 15 is 0 Å². The topological polar surface area (TPSA) is 23.5 Å². The van der Waals surface area contributed by atoms with Gasteiger partial charge in [0.15, 0.2) is 0 Å². The van der Waals surface area contributed by atoms with E-state index in [-0.39, 0.29) is 0 Å². The molecule has 0 aromatic rings. The van der Waals surface area contributed by atoms with E-state index in [0.717, 1.165) is 29.8 Å². The number of aliphatic hydroxyl groups is 1. The van der Waals surface area contributed by atoms with Crippen molar-refractivity contribution in [3.63, 3.8) is 0 Å². The van der Waals surface area contributed by atoms with Crippen LogP contribution in [0.2, 0.25) is 0 Å². The first-order chi connectivity index (χ1) is 21.2. The normalized spacial score (nSPS) is 22.2. The third-order valence-electron chi connectivity index (χ3n) is 12.3. The largest absolute Gasteiger partial charge is 0.395 e. The van der Waals surface area contributed by atoms with Crippen molar-refractivity contribution in [1.82, 2.24) is 4.90 Å². The zero-order chi connectivity index (χ0) is 30.4. The third-order valence-corrected chi connectivity index (χ3v) is 12.3. The first kappa shape index (κ1) is 37.1. The maximum absolute atomic E-state index is 9.73. The highest BCUT2D eigenvalue weighted by Crippen LogP contribution is 2.63. The quantitative estimate of drug-likeness (QED) is 0.0633. The van der Waals surface area contributed by atoms with Crippen LogP contribution in [0, 0.1) is 17.3 Å². The van der Waals surface area contributed by atoms with Gasteiger partial charge < -0.3 is 5.11 Å². The van der Waals surface area contributed by atoms with Crippen molar-refractivity contribution in [3.05, 3.63) is 12.2 Å². The van der Waals surface area contributed by atoms with Crippen molar-refractivity contribution in [3.8, 4) is 0 Å². The molecule has 3 aliphatic carbocycles. The zero-order valence-corrected chi connectivity index (χ0v) is 29.4. The van der Waals surface area contributed by atoms with Gasteiger partial charge in [-0.3, -0.25) is 4.90 Å². The van der Waals surface area contributed by atoms with Gasteiger partial charge in [0.25, 0.3) is 0 Å². The van der Waals surface area contributed by atoms with E-state index in [1.54, 1.807) is 32.1 Å². The van der Waals surface area contributed by atoms with Crippen molar-refractivity contribution < 1.29 is 5.11 Å². The van der Waals surface area contributed by atoms with Gasteiger partial charge >= 0.3 is 0 Å².